The molecule has 4 nitrogen and oxygen atoms in total. The van der Waals surface area contributed by atoms with E-state index in [2.05, 4.69) is 25.2 Å². The fraction of sp³-hybridized carbons (Fsp3) is 0.400. The summed E-state index contributed by atoms with van der Waals surface area (Å²) >= 11 is 0. The van der Waals surface area contributed by atoms with E-state index >= 15 is 0 Å². The lowest BCUT2D eigenvalue weighted by Crippen LogP contribution is -2.42. The van der Waals surface area contributed by atoms with Gasteiger partial charge in [0.1, 0.15) is 5.75 Å². The first-order valence-corrected chi connectivity index (χ1v) is 6.40. The van der Waals surface area contributed by atoms with Crippen LogP contribution in [0.5, 0.6) is 5.75 Å². The van der Waals surface area contributed by atoms with E-state index in [0.717, 1.165) is 5.56 Å². The van der Waals surface area contributed by atoms with Crippen LogP contribution in [0, 0.1) is 0 Å². The lowest BCUT2D eigenvalue weighted by Gasteiger charge is -2.19. The van der Waals surface area contributed by atoms with Crippen molar-refractivity contribution in [1.82, 2.24) is 0 Å². The van der Waals surface area contributed by atoms with E-state index in [0.29, 0.717) is 0 Å². The summed E-state index contributed by atoms with van der Waals surface area (Å²) in [5.41, 5.74) is 1.14. The minimum absolute atomic E-state index is 0.0324. The normalized spacial score (nSPS) is 12.7. The Labute approximate surface area is 90.3 Å². The Hall–Kier alpha value is -0.883. The van der Waals surface area contributed by atoms with Gasteiger partial charge >= 0.3 is 9.05 Å². The molecule has 0 aliphatic rings. The summed E-state index contributed by atoms with van der Waals surface area (Å²) < 4.78 is 4.57. The van der Waals surface area contributed by atoms with Crippen molar-refractivity contribution in [2.24, 2.45) is 0 Å². The maximum atomic E-state index is 8.73. The van der Waals surface area contributed by atoms with E-state index in [1.165, 1.54) is 0 Å². The third-order valence-electron chi connectivity index (χ3n) is 1.98. The van der Waals surface area contributed by atoms with Gasteiger partial charge in [-0.2, -0.15) is 0 Å². The van der Waals surface area contributed by atoms with Crippen molar-refractivity contribution in [3.63, 3.8) is 0 Å². The summed E-state index contributed by atoms with van der Waals surface area (Å²) in [4.78, 5) is 26.2. The van der Waals surface area contributed by atoms with E-state index in [4.69, 9.17) is 14.4 Å². The zero-order valence-corrected chi connectivity index (χ0v) is 10.1. The molecule has 1 aromatic carbocycles. The zero-order chi connectivity index (χ0) is 11.7. The van der Waals surface area contributed by atoms with Gasteiger partial charge in [0, 0.05) is 0 Å². The van der Waals surface area contributed by atoms with Crippen molar-refractivity contribution in [3.05, 3.63) is 29.8 Å². The lowest BCUT2D eigenvalue weighted by atomic mass is 9.87. The molecule has 0 aliphatic carbocycles. The molecule has 3 N–H and O–H groups in total. The van der Waals surface area contributed by atoms with Gasteiger partial charge in [0.05, 0.1) is 0 Å². The Morgan fingerprint density at radius 2 is 1.47 bits per heavy atom. The molecule has 1 aromatic rings. The van der Waals surface area contributed by atoms with Gasteiger partial charge in [0.2, 0.25) is 0 Å². The van der Waals surface area contributed by atoms with Crippen LogP contribution in [0.4, 0.5) is 0 Å². The van der Waals surface area contributed by atoms with E-state index in [-0.39, 0.29) is 11.2 Å². The molecule has 1 rings (SSSR count). The third kappa shape index (κ3) is 4.01. The Balaban J connectivity index is 2.82. The maximum absolute atomic E-state index is 8.73. The average Bonchev–Trinajstić information content (AvgIpc) is 2.00. The number of benzene rings is 1. The fourth-order valence-corrected chi connectivity index (χ4v) is 1.63. The van der Waals surface area contributed by atoms with Gasteiger partial charge in [-0.1, -0.05) is 32.9 Å². The maximum Gasteiger partial charge on any atom is 0.741 e. The minimum atomic E-state index is -4.46. The minimum Gasteiger partial charge on any atom is -0.480 e. The van der Waals surface area contributed by atoms with Crippen LogP contribution in [0.2, 0.25) is 0 Å². The van der Waals surface area contributed by atoms with Crippen molar-refractivity contribution < 1.29 is 18.8 Å². The highest BCUT2D eigenvalue weighted by Crippen LogP contribution is 2.24. The Kier molecular flexibility index (Phi) is 3.20. The average molecular weight is 228 g/mol. The Morgan fingerprint density at radius 3 is 1.80 bits per heavy atom. The lowest BCUT2D eigenvalue weighted by molar-refractivity contribution is 0.128. The second kappa shape index (κ2) is 3.94. The molecule has 0 aliphatic heterocycles. The third-order valence-corrected chi connectivity index (χ3v) is 2.48. The predicted molar refractivity (Wildman–Crippen MR) is 58.2 cm³/mol. The number of hydrogen-bond acceptors (Lipinski definition) is 4. The van der Waals surface area contributed by atoms with Gasteiger partial charge in [-0.25, -0.2) is 0 Å². The fourth-order valence-electron chi connectivity index (χ4n) is 1.18. The van der Waals surface area contributed by atoms with E-state index in [1.54, 1.807) is 12.1 Å². The highest BCUT2D eigenvalue weighted by Gasteiger charge is 2.33. The van der Waals surface area contributed by atoms with Gasteiger partial charge in [0.15, 0.2) is 0 Å². The van der Waals surface area contributed by atoms with Gasteiger partial charge in [-0.15, -0.1) is 0 Å². The molecular formula is C10H16O4Si. The highest BCUT2D eigenvalue weighted by atomic mass is 28.4. The topological polar surface area (TPSA) is 69.9 Å². The van der Waals surface area contributed by atoms with E-state index in [9.17, 15) is 0 Å². The summed E-state index contributed by atoms with van der Waals surface area (Å²) in [6.45, 7) is 6.23. The second-order valence-electron chi connectivity index (χ2n) is 4.45. The van der Waals surface area contributed by atoms with Crippen LogP contribution in [0.15, 0.2) is 24.3 Å². The summed E-state index contributed by atoms with van der Waals surface area (Å²) in [5, 5.41) is 0. The van der Waals surface area contributed by atoms with Crippen LogP contribution < -0.4 is 4.43 Å². The van der Waals surface area contributed by atoms with Crippen LogP contribution in [-0.2, 0) is 5.41 Å². The first-order valence-electron chi connectivity index (χ1n) is 4.65. The molecule has 15 heavy (non-hydrogen) atoms. The molecule has 84 valence electrons. The zero-order valence-electron chi connectivity index (χ0n) is 9.06. The number of hydrogen-bond donors (Lipinski definition) is 3. The van der Waals surface area contributed by atoms with Crippen molar-refractivity contribution >= 4 is 9.05 Å². The van der Waals surface area contributed by atoms with E-state index < -0.39 is 9.05 Å². The summed E-state index contributed by atoms with van der Waals surface area (Å²) in [7, 11) is -4.46. The molecule has 0 heterocycles. The SMILES string of the molecule is CC(C)(C)c1ccc(O[Si](O)(O)O)cc1. The molecule has 0 saturated carbocycles. The van der Waals surface area contributed by atoms with Crippen molar-refractivity contribution in [2.45, 2.75) is 26.2 Å². The summed E-state index contributed by atoms with van der Waals surface area (Å²) in [5.74, 6) is 0.252. The van der Waals surface area contributed by atoms with Crippen molar-refractivity contribution in [3.8, 4) is 5.75 Å². The summed E-state index contributed by atoms with van der Waals surface area (Å²) in [6.07, 6.45) is 0. The number of rotatable bonds is 2. The van der Waals surface area contributed by atoms with Gasteiger partial charge < -0.3 is 18.8 Å². The van der Waals surface area contributed by atoms with Gasteiger partial charge in [-0.3, -0.25) is 0 Å². The molecule has 0 atom stereocenters. The first-order chi connectivity index (χ1) is 6.68. The molecule has 0 unspecified atom stereocenters. The molecule has 0 radical (unpaired) electrons. The highest BCUT2D eigenvalue weighted by molar-refractivity contribution is 6.49. The predicted octanol–water partition coefficient (Wildman–Crippen LogP) is 0.775. The van der Waals surface area contributed by atoms with Crippen molar-refractivity contribution in [1.29, 1.82) is 0 Å². The van der Waals surface area contributed by atoms with Crippen LogP contribution >= 0.6 is 0 Å². The summed E-state index contributed by atoms with van der Waals surface area (Å²) in [6, 6.07) is 6.86. The van der Waals surface area contributed by atoms with E-state index in [1.807, 2.05) is 12.1 Å². The molecule has 0 fully saturated rings. The Morgan fingerprint density at radius 1 is 1.00 bits per heavy atom. The Bertz CT molecular complexity index is 321. The largest absolute Gasteiger partial charge is 0.741 e. The second-order valence-corrected chi connectivity index (χ2v) is 5.80. The smallest absolute Gasteiger partial charge is 0.480 e. The van der Waals surface area contributed by atoms with Gasteiger partial charge in [-0.05, 0) is 23.1 Å². The molecule has 5 heteroatoms. The molecule has 0 bridgehead atoms. The van der Waals surface area contributed by atoms with Crippen molar-refractivity contribution in [2.75, 3.05) is 0 Å². The molecule has 0 spiro atoms. The first kappa shape index (κ1) is 12.2. The molecule has 0 aromatic heterocycles. The van der Waals surface area contributed by atoms with Gasteiger partial charge in [0.25, 0.3) is 0 Å². The van der Waals surface area contributed by atoms with Crippen LogP contribution in [0.3, 0.4) is 0 Å². The monoisotopic (exact) mass is 228 g/mol. The molecule has 0 saturated heterocycles. The van der Waals surface area contributed by atoms with Crippen LogP contribution in [-0.4, -0.2) is 23.4 Å². The quantitative estimate of drug-likeness (QED) is 0.654. The molecule has 0 amide bonds. The van der Waals surface area contributed by atoms with Crippen LogP contribution in [0.25, 0.3) is 0 Å². The molecular weight excluding hydrogens is 212 g/mol. The van der Waals surface area contributed by atoms with Crippen LogP contribution in [0.1, 0.15) is 26.3 Å². The standard InChI is InChI=1S/C10H16O4Si/c1-10(2,3)8-4-6-9(7-5-8)14-15(11,12)13/h4-7,11-13H,1-3H3.